The lowest BCUT2D eigenvalue weighted by Gasteiger charge is -2.12. The quantitative estimate of drug-likeness (QED) is 0.643. The lowest BCUT2D eigenvalue weighted by molar-refractivity contribution is 0.371. The van der Waals surface area contributed by atoms with E-state index in [9.17, 15) is 13.2 Å². The Morgan fingerprint density at radius 3 is 2.40 bits per heavy atom. The molecule has 124 valence electrons. The van der Waals surface area contributed by atoms with Gasteiger partial charge in [0.15, 0.2) is 0 Å². The van der Waals surface area contributed by atoms with E-state index in [4.69, 9.17) is 10.00 Å². The van der Waals surface area contributed by atoms with Crippen LogP contribution in [0, 0.1) is 28.8 Å². The molecule has 6 heteroatoms. The zero-order valence-corrected chi connectivity index (χ0v) is 13.1. The second kappa shape index (κ2) is 6.29. The molecule has 0 spiro atoms. The Balaban J connectivity index is 2.40. The summed E-state index contributed by atoms with van der Waals surface area (Å²) in [6, 6.07) is 9.17. The Bertz CT molecular complexity index is 1030. The van der Waals surface area contributed by atoms with Crippen molar-refractivity contribution in [1.29, 1.82) is 5.26 Å². The fourth-order valence-electron chi connectivity index (χ4n) is 2.58. The number of pyridine rings is 1. The van der Waals surface area contributed by atoms with Crippen LogP contribution in [0.3, 0.4) is 0 Å². The maximum absolute atomic E-state index is 14.3. The van der Waals surface area contributed by atoms with Gasteiger partial charge >= 0.3 is 0 Å². The predicted molar refractivity (Wildman–Crippen MR) is 87.8 cm³/mol. The Kier molecular flexibility index (Phi) is 4.15. The van der Waals surface area contributed by atoms with E-state index in [2.05, 4.69) is 11.6 Å². The molecule has 0 saturated carbocycles. The van der Waals surface area contributed by atoms with E-state index in [0.29, 0.717) is 34.4 Å². The molecule has 0 aliphatic heterocycles. The van der Waals surface area contributed by atoms with Gasteiger partial charge in [0.2, 0.25) is 0 Å². The third-order valence-electron chi connectivity index (χ3n) is 3.77. The van der Waals surface area contributed by atoms with Crippen molar-refractivity contribution < 1.29 is 17.9 Å². The first kappa shape index (κ1) is 16.5. The fourth-order valence-corrected chi connectivity index (χ4v) is 2.58. The summed E-state index contributed by atoms with van der Waals surface area (Å²) in [7, 11) is 1.45. The second-order valence-electron chi connectivity index (χ2n) is 5.27. The van der Waals surface area contributed by atoms with Gasteiger partial charge in [-0.2, -0.15) is 5.26 Å². The van der Waals surface area contributed by atoms with Gasteiger partial charge in [-0.1, -0.05) is 6.58 Å². The molecule has 2 aromatic carbocycles. The standard InChI is InChI=1S/C19H11F3N2O/c1-10(25-2)11-3-4-18-14(5-11)15(8-13(9-23)24-18)19-16(21)6-12(20)7-17(19)22/h3-8H,1H2,2H3. The highest BCUT2D eigenvalue weighted by molar-refractivity contribution is 5.96. The van der Waals surface area contributed by atoms with Gasteiger partial charge in [-0.05, 0) is 29.8 Å². The zero-order valence-electron chi connectivity index (χ0n) is 13.1. The molecule has 0 radical (unpaired) electrons. The van der Waals surface area contributed by atoms with E-state index in [1.165, 1.54) is 13.2 Å². The lowest BCUT2D eigenvalue weighted by atomic mass is 9.97. The van der Waals surface area contributed by atoms with Crippen LogP contribution < -0.4 is 0 Å². The molecule has 3 nitrogen and oxygen atoms in total. The van der Waals surface area contributed by atoms with Crippen LogP contribution in [-0.4, -0.2) is 12.1 Å². The number of hydrogen-bond acceptors (Lipinski definition) is 3. The van der Waals surface area contributed by atoms with E-state index in [1.54, 1.807) is 18.2 Å². The highest BCUT2D eigenvalue weighted by Crippen LogP contribution is 2.34. The number of aromatic nitrogens is 1. The molecule has 1 heterocycles. The first-order valence-corrected chi connectivity index (χ1v) is 7.17. The van der Waals surface area contributed by atoms with Crippen molar-refractivity contribution in [3.63, 3.8) is 0 Å². The van der Waals surface area contributed by atoms with Crippen LogP contribution in [-0.2, 0) is 4.74 Å². The van der Waals surface area contributed by atoms with E-state index in [-0.39, 0.29) is 11.3 Å². The van der Waals surface area contributed by atoms with Gasteiger partial charge in [0.25, 0.3) is 0 Å². The van der Waals surface area contributed by atoms with Crippen LogP contribution in [0.25, 0.3) is 27.8 Å². The Morgan fingerprint density at radius 2 is 1.80 bits per heavy atom. The Morgan fingerprint density at radius 1 is 1.12 bits per heavy atom. The summed E-state index contributed by atoms with van der Waals surface area (Å²) in [4.78, 5) is 4.13. The number of ether oxygens (including phenoxy) is 1. The smallest absolute Gasteiger partial charge is 0.141 e. The number of fused-ring (bicyclic) bond motifs is 1. The van der Waals surface area contributed by atoms with Crippen molar-refractivity contribution >= 4 is 16.7 Å². The van der Waals surface area contributed by atoms with Crippen molar-refractivity contribution in [2.24, 2.45) is 0 Å². The number of nitrogens with zero attached hydrogens (tertiary/aromatic N) is 2. The molecule has 0 aliphatic rings. The molecular weight excluding hydrogens is 329 g/mol. The molecule has 1 aromatic heterocycles. The molecule has 0 bridgehead atoms. The number of methoxy groups -OCH3 is 1. The molecule has 0 aliphatic carbocycles. The Labute approximate surface area is 141 Å². The van der Waals surface area contributed by atoms with E-state index in [1.807, 2.05) is 6.07 Å². The number of rotatable bonds is 3. The minimum absolute atomic E-state index is 0.0102. The first-order valence-electron chi connectivity index (χ1n) is 7.17. The first-order chi connectivity index (χ1) is 11.9. The predicted octanol–water partition coefficient (Wildman–Crippen LogP) is 4.81. The average Bonchev–Trinajstić information content (AvgIpc) is 2.59. The highest BCUT2D eigenvalue weighted by atomic mass is 19.1. The highest BCUT2D eigenvalue weighted by Gasteiger charge is 2.18. The third kappa shape index (κ3) is 2.92. The van der Waals surface area contributed by atoms with Crippen molar-refractivity contribution in [3.8, 4) is 17.2 Å². The zero-order chi connectivity index (χ0) is 18.1. The number of nitriles is 1. The largest absolute Gasteiger partial charge is 0.497 e. The molecule has 0 saturated heterocycles. The summed E-state index contributed by atoms with van der Waals surface area (Å²) >= 11 is 0. The molecule has 0 amide bonds. The molecule has 0 fully saturated rings. The number of halogens is 3. The van der Waals surface area contributed by atoms with Gasteiger partial charge in [-0.25, -0.2) is 18.2 Å². The van der Waals surface area contributed by atoms with E-state index < -0.39 is 23.0 Å². The summed E-state index contributed by atoms with van der Waals surface area (Å²) in [6.07, 6.45) is 0. The molecule has 25 heavy (non-hydrogen) atoms. The van der Waals surface area contributed by atoms with E-state index in [0.717, 1.165) is 0 Å². The number of benzene rings is 2. The summed E-state index contributed by atoms with van der Waals surface area (Å²) in [5.41, 5.74) is 0.618. The monoisotopic (exact) mass is 340 g/mol. The third-order valence-corrected chi connectivity index (χ3v) is 3.77. The summed E-state index contributed by atoms with van der Waals surface area (Å²) in [5.74, 6) is -2.79. The van der Waals surface area contributed by atoms with Gasteiger partial charge in [-0.15, -0.1) is 0 Å². The SMILES string of the molecule is C=C(OC)c1ccc2nc(C#N)cc(-c3c(F)cc(F)cc3F)c2c1. The minimum Gasteiger partial charge on any atom is -0.497 e. The summed E-state index contributed by atoms with van der Waals surface area (Å²) in [5, 5.41) is 9.53. The second-order valence-corrected chi connectivity index (χ2v) is 5.27. The molecule has 0 unspecified atom stereocenters. The van der Waals surface area contributed by atoms with Crippen LogP contribution in [0.15, 0.2) is 43.0 Å². The van der Waals surface area contributed by atoms with Crippen molar-refractivity contribution in [2.75, 3.05) is 7.11 Å². The van der Waals surface area contributed by atoms with Crippen molar-refractivity contribution in [3.05, 3.63) is 71.7 Å². The molecular formula is C19H11F3N2O. The Hall–Kier alpha value is -3.33. The molecule has 3 rings (SSSR count). The normalized spacial score (nSPS) is 10.5. The van der Waals surface area contributed by atoms with Crippen LogP contribution in [0.1, 0.15) is 11.3 Å². The number of hydrogen-bond donors (Lipinski definition) is 0. The van der Waals surface area contributed by atoms with Gasteiger partial charge in [0, 0.05) is 23.1 Å². The van der Waals surface area contributed by atoms with Crippen LogP contribution >= 0.6 is 0 Å². The van der Waals surface area contributed by atoms with Gasteiger partial charge in [0.05, 0.1) is 18.2 Å². The van der Waals surface area contributed by atoms with Gasteiger partial charge in [0.1, 0.15) is 35.0 Å². The van der Waals surface area contributed by atoms with Crippen molar-refractivity contribution in [2.45, 2.75) is 0 Å². The van der Waals surface area contributed by atoms with E-state index >= 15 is 0 Å². The van der Waals surface area contributed by atoms with Gasteiger partial charge < -0.3 is 4.74 Å². The topological polar surface area (TPSA) is 45.9 Å². The molecule has 3 aromatic rings. The summed E-state index contributed by atoms with van der Waals surface area (Å²) < 4.78 is 46.8. The summed E-state index contributed by atoms with van der Waals surface area (Å²) in [6.45, 7) is 3.74. The van der Waals surface area contributed by atoms with Crippen LogP contribution in [0.2, 0.25) is 0 Å². The lowest BCUT2D eigenvalue weighted by Crippen LogP contribution is -1.97. The molecule has 0 N–H and O–H groups in total. The molecule has 0 atom stereocenters. The average molecular weight is 340 g/mol. The van der Waals surface area contributed by atoms with Crippen molar-refractivity contribution in [1.82, 2.24) is 4.98 Å². The van der Waals surface area contributed by atoms with Gasteiger partial charge in [-0.3, -0.25) is 0 Å². The fraction of sp³-hybridized carbons (Fsp3) is 0.0526. The maximum Gasteiger partial charge on any atom is 0.141 e. The minimum atomic E-state index is -1.06. The van der Waals surface area contributed by atoms with Crippen LogP contribution in [0.4, 0.5) is 13.2 Å². The maximum atomic E-state index is 14.3. The van der Waals surface area contributed by atoms with Crippen LogP contribution in [0.5, 0.6) is 0 Å².